The minimum absolute atomic E-state index is 0.0562. The molecule has 9 nitrogen and oxygen atoms in total. The summed E-state index contributed by atoms with van der Waals surface area (Å²) in [4.78, 5) is 47.8. The number of carbonyl (C=O) groups excluding carboxylic acids is 3. The molecule has 3 unspecified atom stereocenters. The number of aliphatic hydroxyl groups is 1. The molecule has 3 aliphatic heterocycles. The molecular weight excluding hydrogens is 626 g/mol. The Morgan fingerprint density at radius 1 is 1.11 bits per heavy atom. The van der Waals surface area contributed by atoms with Gasteiger partial charge in [0.15, 0.2) is 0 Å². The molecule has 2 bridgehead atoms. The molecule has 44 heavy (non-hydrogen) atoms. The van der Waals surface area contributed by atoms with E-state index >= 15 is 0 Å². The number of aliphatic hydroxyl groups excluding tert-OH is 1. The summed E-state index contributed by atoms with van der Waals surface area (Å²) >= 11 is 3.74. The number of nitrogens with zero attached hydrogens (tertiary/aromatic N) is 3. The minimum atomic E-state index is -1.25. The maximum absolute atomic E-state index is 14.7. The average molecular weight is 667 g/mol. The fourth-order valence-electron chi connectivity index (χ4n) is 7.15. The summed E-state index contributed by atoms with van der Waals surface area (Å²) in [6, 6.07) is 12.1. The molecule has 10 heteroatoms. The van der Waals surface area contributed by atoms with Crippen molar-refractivity contribution in [2.75, 3.05) is 42.6 Å². The number of ether oxygens (including phenoxy) is 2. The van der Waals surface area contributed by atoms with Crippen LogP contribution in [0.4, 0.5) is 11.4 Å². The van der Waals surface area contributed by atoms with E-state index in [1.807, 2.05) is 39.0 Å². The van der Waals surface area contributed by atoms with E-state index < -0.39 is 29.6 Å². The van der Waals surface area contributed by atoms with Crippen LogP contribution in [0.1, 0.15) is 24.5 Å². The number of alkyl halides is 1. The Morgan fingerprint density at radius 3 is 2.43 bits per heavy atom. The van der Waals surface area contributed by atoms with Gasteiger partial charge in [0.25, 0.3) is 5.91 Å². The normalized spacial score (nSPS) is 26.8. The van der Waals surface area contributed by atoms with Gasteiger partial charge in [0, 0.05) is 35.8 Å². The number of likely N-dealkylation sites (tertiary alicyclic amines) is 1. The third-order valence-electron chi connectivity index (χ3n) is 8.92. The number of carbonyl (C=O) groups is 3. The monoisotopic (exact) mass is 665 g/mol. The number of hydrogen-bond donors (Lipinski definition) is 1. The van der Waals surface area contributed by atoms with Crippen molar-refractivity contribution in [3.05, 3.63) is 78.9 Å². The summed E-state index contributed by atoms with van der Waals surface area (Å²) in [7, 11) is 0. The number of hydrogen-bond acceptors (Lipinski definition) is 6. The van der Waals surface area contributed by atoms with E-state index in [0.717, 1.165) is 16.8 Å². The van der Waals surface area contributed by atoms with Gasteiger partial charge in [-0.05, 0) is 68.7 Å². The summed E-state index contributed by atoms with van der Waals surface area (Å²) in [6.45, 7) is 14.1. The van der Waals surface area contributed by atoms with Crippen molar-refractivity contribution < 1.29 is 29.0 Å². The SMILES string of the molecule is C=CCN(C(=O)[C@H]1[C@H]2C(=O)N(CCO)C(C(=O)N(CC=C)c3cc(C)ccc3C)C23CC(Br)[C@@H]1O3)c1ccc(OCC)cc1. The van der Waals surface area contributed by atoms with Crippen LogP contribution in [0, 0.1) is 25.7 Å². The lowest BCUT2D eigenvalue weighted by molar-refractivity contribution is -0.141. The predicted octanol–water partition coefficient (Wildman–Crippen LogP) is 4.18. The van der Waals surface area contributed by atoms with Gasteiger partial charge in [0.05, 0.1) is 31.2 Å². The zero-order chi connectivity index (χ0) is 31.8. The van der Waals surface area contributed by atoms with E-state index in [1.54, 1.807) is 46.2 Å². The van der Waals surface area contributed by atoms with E-state index in [0.29, 0.717) is 24.5 Å². The highest BCUT2D eigenvalue weighted by Crippen LogP contribution is 2.60. The molecule has 0 aliphatic carbocycles. The topological polar surface area (TPSA) is 99.6 Å². The molecule has 3 saturated heterocycles. The number of rotatable bonds is 12. The number of anilines is 2. The van der Waals surface area contributed by atoms with Crippen LogP contribution in [0.25, 0.3) is 0 Å². The molecule has 0 aromatic heterocycles. The Hall–Kier alpha value is -3.47. The lowest BCUT2D eigenvalue weighted by Crippen LogP contribution is -2.57. The largest absolute Gasteiger partial charge is 0.494 e. The van der Waals surface area contributed by atoms with E-state index in [-0.39, 0.29) is 48.8 Å². The van der Waals surface area contributed by atoms with E-state index in [2.05, 4.69) is 29.1 Å². The first-order chi connectivity index (χ1) is 21.1. The molecule has 1 spiro atoms. The molecule has 0 radical (unpaired) electrons. The van der Waals surface area contributed by atoms with Gasteiger partial charge in [0.1, 0.15) is 17.4 Å². The first kappa shape index (κ1) is 31.9. The maximum atomic E-state index is 14.7. The Balaban J connectivity index is 1.56. The number of fused-ring (bicyclic) bond motifs is 1. The van der Waals surface area contributed by atoms with E-state index in [9.17, 15) is 19.5 Å². The second-order valence-corrected chi connectivity index (χ2v) is 12.8. The van der Waals surface area contributed by atoms with Crippen LogP contribution in [0.5, 0.6) is 5.75 Å². The number of amides is 3. The molecule has 3 aliphatic rings. The van der Waals surface area contributed by atoms with Crippen LogP contribution < -0.4 is 14.5 Å². The molecule has 3 amide bonds. The van der Waals surface area contributed by atoms with Crippen LogP contribution in [-0.4, -0.2) is 83.2 Å². The van der Waals surface area contributed by atoms with Crippen molar-refractivity contribution in [2.24, 2.45) is 11.8 Å². The fourth-order valence-corrected chi connectivity index (χ4v) is 8.10. The Morgan fingerprint density at radius 2 is 1.80 bits per heavy atom. The number of halogens is 1. The van der Waals surface area contributed by atoms with Crippen molar-refractivity contribution in [3.63, 3.8) is 0 Å². The molecule has 6 atom stereocenters. The molecule has 2 aromatic carbocycles. The second kappa shape index (κ2) is 12.9. The van der Waals surface area contributed by atoms with Crippen LogP contribution in [0.2, 0.25) is 0 Å². The zero-order valence-corrected chi connectivity index (χ0v) is 27.0. The number of benzene rings is 2. The summed E-state index contributed by atoms with van der Waals surface area (Å²) in [5, 5.41) is 10.0. The zero-order valence-electron chi connectivity index (χ0n) is 25.4. The lowest BCUT2D eigenvalue weighted by Gasteiger charge is -2.37. The molecule has 5 rings (SSSR count). The second-order valence-electron chi connectivity index (χ2n) is 11.6. The van der Waals surface area contributed by atoms with Crippen LogP contribution in [0.15, 0.2) is 67.8 Å². The van der Waals surface area contributed by atoms with Crippen molar-refractivity contribution in [1.82, 2.24) is 4.90 Å². The molecular formula is C34H40BrN3O6. The molecule has 2 aromatic rings. The van der Waals surface area contributed by atoms with Crippen molar-refractivity contribution in [2.45, 2.75) is 49.8 Å². The highest BCUT2D eigenvalue weighted by atomic mass is 79.9. The maximum Gasteiger partial charge on any atom is 0.253 e. The summed E-state index contributed by atoms with van der Waals surface area (Å²) in [6.07, 6.45) is 3.04. The van der Waals surface area contributed by atoms with Gasteiger partial charge in [0.2, 0.25) is 11.8 Å². The van der Waals surface area contributed by atoms with Crippen LogP contribution in [-0.2, 0) is 19.1 Å². The molecule has 3 fully saturated rings. The summed E-state index contributed by atoms with van der Waals surface area (Å²) in [5.74, 6) is -2.02. The van der Waals surface area contributed by atoms with E-state index in [1.165, 1.54) is 4.90 Å². The predicted molar refractivity (Wildman–Crippen MR) is 173 cm³/mol. The Bertz CT molecular complexity index is 1450. The number of β-amino-alcohol motifs (C(OH)–C–C–N with tert-alkyl or cyclic N) is 1. The van der Waals surface area contributed by atoms with Crippen LogP contribution >= 0.6 is 15.9 Å². The Labute approximate surface area is 267 Å². The third-order valence-corrected chi connectivity index (χ3v) is 9.76. The van der Waals surface area contributed by atoms with Crippen molar-refractivity contribution in [1.29, 1.82) is 0 Å². The molecule has 234 valence electrons. The lowest BCUT2D eigenvalue weighted by atomic mass is 9.70. The standard InChI is InChI=1S/C34H40BrN3O6/c1-6-15-36(23-11-13-24(14-12-23)43-8-3)31(40)27-28-32(41)38(17-18-39)30(34(28)20-25(35)29(27)44-34)33(42)37(16-7-2)26-19-21(4)9-10-22(26)5/h6-7,9-14,19,25,27-30,39H,1-2,8,15-18,20H2,3-5H3/t25?,27-,28-,29-,30?,34?/m0/s1. The molecule has 3 heterocycles. The van der Waals surface area contributed by atoms with Gasteiger partial charge in [-0.15, -0.1) is 13.2 Å². The Kier molecular flexibility index (Phi) is 9.34. The smallest absolute Gasteiger partial charge is 0.253 e. The fraction of sp³-hybridized carbons (Fsp3) is 0.441. The average Bonchev–Trinajstić information content (AvgIpc) is 3.59. The summed E-state index contributed by atoms with van der Waals surface area (Å²) in [5.41, 5.74) is 1.99. The van der Waals surface area contributed by atoms with Gasteiger partial charge >= 0.3 is 0 Å². The molecule has 0 saturated carbocycles. The van der Waals surface area contributed by atoms with Gasteiger partial charge in [-0.1, -0.05) is 40.2 Å². The van der Waals surface area contributed by atoms with Gasteiger partial charge in [-0.3, -0.25) is 14.4 Å². The third kappa shape index (κ3) is 5.26. The number of aryl methyl sites for hydroxylation is 2. The van der Waals surface area contributed by atoms with Crippen molar-refractivity contribution >= 4 is 45.0 Å². The van der Waals surface area contributed by atoms with Gasteiger partial charge in [-0.25, -0.2) is 0 Å². The summed E-state index contributed by atoms with van der Waals surface area (Å²) < 4.78 is 12.3. The van der Waals surface area contributed by atoms with Crippen molar-refractivity contribution in [3.8, 4) is 5.75 Å². The quantitative estimate of drug-likeness (QED) is 0.270. The van der Waals surface area contributed by atoms with Crippen LogP contribution in [0.3, 0.4) is 0 Å². The van der Waals surface area contributed by atoms with E-state index in [4.69, 9.17) is 9.47 Å². The highest BCUT2D eigenvalue weighted by Gasteiger charge is 2.77. The first-order valence-electron chi connectivity index (χ1n) is 15.0. The first-order valence-corrected chi connectivity index (χ1v) is 15.9. The van der Waals surface area contributed by atoms with Gasteiger partial charge in [-0.2, -0.15) is 0 Å². The molecule has 1 N–H and O–H groups in total. The minimum Gasteiger partial charge on any atom is -0.494 e. The van der Waals surface area contributed by atoms with Gasteiger partial charge < -0.3 is 29.3 Å². The highest BCUT2D eigenvalue weighted by molar-refractivity contribution is 9.09.